The summed E-state index contributed by atoms with van der Waals surface area (Å²) in [5, 5.41) is 2.70. The average Bonchev–Trinajstić information content (AvgIpc) is 2.80. The van der Waals surface area contributed by atoms with Crippen LogP contribution in [0.2, 0.25) is 13.1 Å². The van der Waals surface area contributed by atoms with Crippen LogP contribution in [0.15, 0.2) is 59.5 Å². The van der Waals surface area contributed by atoms with Crippen LogP contribution in [-0.2, 0) is 0 Å². The molecule has 0 bridgehead atoms. The number of nitrogens with zero attached hydrogens (tertiary/aromatic N) is 1. The molecule has 1 nitrogen and oxygen atoms in total. The standard InChI is InChI=1S/C17H18BrNSi/c1-12-10-14(20(2,3)18)11-16(12)15-8-4-6-13-7-5-9-19-17(13)15/h4-11,16H,1-3H3. The summed E-state index contributed by atoms with van der Waals surface area (Å²) < 4.78 is 0. The highest BCUT2D eigenvalue weighted by Gasteiger charge is 2.28. The second-order valence-corrected chi connectivity index (χ2v) is 15.4. The van der Waals surface area contributed by atoms with Gasteiger partial charge in [0.05, 0.1) is 5.52 Å². The molecule has 0 N–H and O–H groups in total. The molecule has 1 unspecified atom stereocenters. The van der Waals surface area contributed by atoms with Crippen LogP contribution in [0.5, 0.6) is 0 Å². The Balaban J connectivity index is 2.14. The smallest absolute Gasteiger partial charge is 0.154 e. The molecule has 0 aliphatic heterocycles. The van der Waals surface area contributed by atoms with Gasteiger partial charge < -0.3 is 0 Å². The summed E-state index contributed by atoms with van der Waals surface area (Å²) in [6.07, 6.45) is 6.65. The van der Waals surface area contributed by atoms with E-state index in [0.29, 0.717) is 5.92 Å². The third-order valence-electron chi connectivity index (χ3n) is 3.91. The predicted molar refractivity (Wildman–Crippen MR) is 92.7 cm³/mol. The summed E-state index contributed by atoms with van der Waals surface area (Å²) in [5.41, 5.74) is 3.86. The largest absolute Gasteiger partial charge is 0.256 e. The van der Waals surface area contributed by atoms with Crippen molar-refractivity contribution in [2.24, 2.45) is 0 Å². The molecular weight excluding hydrogens is 326 g/mol. The van der Waals surface area contributed by atoms with Gasteiger partial charge in [0.15, 0.2) is 6.69 Å². The molecular formula is C17H18BrNSi. The lowest BCUT2D eigenvalue weighted by Gasteiger charge is -2.14. The van der Waals surface area contributed by atoms with Crippen LogP contribution in [0.3, 0.4) is 0 Å². The normalized spacial score (nSPS) is 19.1. The molecule has 0 saturated carbocycles. The molecule has 1 aliphatic carbocycles. The first kappa shape index (κ1) is 13.8. The SMILES string of the molecule is CC1=CC([Si](C)(C)Br)=CC1c1cccc2cccnc12. The van der Waals surface area contributed by atoms with E-state index >= 15 is 0 Å². The highest BCUT2D eigenvalue weighted by Crippen LogP contribution is 2.39. The molecule has 0 spiro atoms. The van der Waals surface area contributed by atoms with Crippen molar-refractivity contribution in [3.8, 4) is 0 Å². The first-order valence-electron chi connectivity index (χ1n) is 6.90. The summed E-state index contributed by atoms with van der Waals surface area (Å²) in [4.78, 5) is 4.59. The molecule has 0 amide bonds. The molecule has 0 saturated heterocycles. The predicted octanol–water partition coefficient (Wildman–Crippen LogP) is 5.34. The van der Waals surface area contributed by atoms with Gasteiger partial charge in [-0.3, -0.25) is 4.98 Å². The Morgan fingerprint density at radius 1 is 1.15 bits per heavy atom. The van der Waals surface area contributed by atoms with Crippen molar-refractivity contribution in [3.05, 3.63) is 65.0 Å². The number of allylic oxidation sites excluding steroid dienone is 4. The Kier molecular flexibility index (Phi) is 3.42. The van der Waals surface area contributed by atoms with Crippen molar-refractivity contribution in [2.75, 3.05) is 0 Å². The van der Waals surface area contributed by atoms with Gasteiger partial charge in [-0.2, -0.15) is 0 Å². The molecule has 3 heteroatoms. The summed E-state index contributed by atoms with van der Waals surface area (Å²) in [6, 6.07) is 10.6. The minimum absolute atomic E-state index is 0.368. The number of hydrogen-bond donors (Lipinski definition) is 0. The average molecular weight is 344 g/mol. The quantitative estimate of drug-likeness (QED) is 0.529. The Hall–Kier alpha value is -1.19. The molecule has 1 atom stereocenters. The summed E-state index contributed by atoms with van der Waals surface area (Å²) in [6.45, 7) is 5.45. The van der Waals surface area contributed by atoms with Crippen LogP contribution >= 0.6 is 15.3 Å². The summed E-state index contributed by atoms with van der Waals surface area (Å²) in [7, 11) is 0. The number of aromatic nitrogens is 1. The number of fused-ring (bicyclic) bond motifs is 1. The van der Waals surface area contributed by atoms with Crippen LogP contribution in [-0.4, -0.2) is 11.7 Å². The fraction of sp³-hybridized carbons (Fsp3) is 0.235. The monoisotopic (exact) mass is 343 g/mol. The van der Waals surface area contributed by atoms with E-state index in [0.717, 1.165) is 5.52 Å². The molecule has 0 radical (unpaired) electrons. The van der Waals surface area contributed by atoms with E-state index in [9.17, 15) is 0 Å². The molecule has 1 aliphatic rings. The molecule has 1 aromatic carbocycles. The van der Waals surface area contributed by atoms with Crippen molar-refractivity contribution in [1.82, 2.24) is 4.98 Å². The first-order chi connectivity index (χ1) is 9.47. The van der Waals surface area contributed by atoms with E-state index < -0.39 is 6.69 Å². The highest BCUT2D eigenvalue weighted by molar-refractivity contribution is 9.26. The minimum atomic E-state index is -1.43. The van der Waals surface area contributed by atoms with Gasteiger partial charge in [-0.05, 0) is 18.6 Å². The maximum Gasteiger partial charge on any atom is 0.154 e. The van der Waals surface area contributed by atoms with Crippen molar-refractivity contribution < 1.29 is 0 Å². The van der Waals surface area contributed by atoms with Crippen LogP contribution < -0.4 is 0 Å². The zero-order valence-electron chi connectivity index (χ0n) is 12.0. The van der Waals surface area contributed by atoms with Crippen LogP contribution in [0, 0.1) is 0 Å². The number of halogens is 1. The van der Waals surface area contributed by atoms with Crippen molar-refractivity contribution in [2.45, 2.75) is 25.9 Å². The highest BCUT2D eigenvalue weighted by atomic mass is 79.9. The Bertz CT molecular complexity index is 720. The van der Waals surface area contributed by atoms with E-state index in [2.05, 4.69) is 76.7 Å². The number of pyridine rings is 1. The Labute approximate surface area is 129 Å². The lowest BCUT2D eigenvalue weighted by atomic mass is 9.93. The Morgan fingerprint density at radius 2 is 1.90 bits per heavy atom. The van der Waals surface area contributed by atoms with E-state index in [-0.39, 0.29) is 0 Å². The number of benzene rings is 1. The zero-order chi connectivity index (χ0) is 14.3. The van der Waals surface area contributed by atoms with Gasteiger partial charge in [0, 0.05) is 17.5 Å². The molecule has 102 valence electrons. The summed E-state index contributed by atoms with van der Waals surface area (Å²) in [5.74, 6) is 0.368. The summed E-state index contributed by atoms with van der Waals surface area (Å²) >= 11 is 3.89. The van der Waals surface area contributed by atoms with E-state index in [1.165, 1.54) is 21.7 Å². The van der Waals surface area contributed by atoms with Gasteiger partial charge in [0.1, 0.15) is 0 Å². The number of rotatable bonds is 2. The topological polar surface area (TPSA) is 12.9 Å². The fourth-order valence-electron chi connectivity index (χ4n) is 2.78. The molecule has 0 fully saturated rings. The van der Waals surface area contributed by atoms with Gasteiger partial charge >= 0.3 is 0 Å². The lowest BCUT2D eigenvalue weighted by molar-refractivity contribution is 1.02. The van der Waals surface area contributed by atoms with Gasteiger partial charge in [0.25, 0.3) is 0 Å². The molecule has 1 heterocycles. The molecule has 1 aromatic heterocycles. The van der Waals surface area contributed by atoms with E-state index in [1.54, 1.807) is 0 Å². The van der Waals surface area contributed by atoms with Gasteiger partial charge in [-0.25, -0.2) is 0 Å². The van der Waals surface area contributed by atoms with Crippen molar-refractivity contribution in [1.29, 1.82) is 0 Å². The molecule has 3 rings (SSSR count). The molecule has 20 heavy (non-hydrogen) atoms. The van der Waals surface area contributed by atoms with Crippen molar-refractivity contribution >= 4 is 32.9 Å². The van der Waals surface area contributed by atoms with Crippen molar-refractivity contribution in [3.63, 3.8) is 0 Å². The van der Waals surface area contributed by atoms with Gasteiger partial charge in [-0.15, -0.1) is 15.3 Å². The second kappa shape index (κ2) is 4.97. The number of hydrogen-bond acceptors (Lipinski definition) is 1. The first-order valence-corrected chi connectivity index (χ1v) is 12.2. The van der Waals surface area contributed by atoms with Gasteiger partial charge in [-0.1, -0.05) is 60.3 Å². The third-order valence-corrected chi connectivity index (χ3v) is 6.96. The third kappa shape index (κ3) is 2.40. The maximum atomic E-state index is 4.59. The van der Waals surface area contributed by atoms with Crippen LogP contribution in [0.25, 0.3) is 10.9 Å². The fourth-order valence-corrected chi connectivity index (χ4v) is 4.65. The number of para-hydroxylation sites is 1. The lowest BCUT2D eigenvalue weighted by Crippen LogP contribution is -2.17. The van der Waals surface area contributed by atoms with Crippen LogP contribution in [0.1, 0.15) is 18.4 Å². The maximum absolute atomic E-state index is 4.59. The molecule has 2 aromatic rings. The second-order valence-electron chi connectivity index (χ2n) is 5.88. The Morgan fingerprint density at radius 3 is 2.60 bits per heavy atom. The van der Waals surface area contributed by atoms with Gasteiger partial charge in [0.2, 0.25) is 0 Å². The minimum Gasteiger partial charge on any atom is -0.256 e. The van der Waals surface area contributed by atoms with E-state index in [1.807, 2.05) is 12.3 Å². The zero-order valence-corrected chi connectivity index (χ0v) is 14.6. The van der Waals surface area contributed by atoms with Crippen LogP contribution in [0.4, 0.5) is 0 Å². The van der Waals surface area contributed by atoms with E-state index in [4.69, 9.17) is 0 Å².